The van der Waals surface area contributed by atoms with E-state index < -0.39 is 10.0 Å². The van der Waals surface area contributed by atoms with Crippen molar-refractivity contribution in [3.63, 3.8) is 0 Å². The molecule has 0 spiro atoms. The molecule has 29 heavy (non-hydrogen) atoms. The smallest absolute Gasteiger partial charge is 0.264 e. The molecule has 1 N–H and O–H groups in total. The van der Waals surface area contributed by atoms with Crippen LogP contribution in [0.1, 0.15) is 21.5 Å². The molecule has 0 fully saturated rings. The molecule has 5 nitrogen and oxygen atoms in total. The molecule has 0 aliphatic carbocycles. The lowest BCUT2D eigenvalue weighted by atomic mass is 10.1. The van der Waals surface area contributed by atoms with Crippen LogP contribution in [-0.2, 0) is 10.0 Å². The van der Waals surface area contributed by atoms with Gasteiger partial charge in [0, 0.05) is 23.3 Å². The van der Waals surface area contributed by atoms with Gasteiger partial charge in [-0.1, -0.05) is 41.9 Å². The lowest BCUT2D eigenvalue weighted by molar-refractivity contribution is 0.102. The average molecular weight is 429 g/mol. The van der Waals surface area contributed by atoms with E-state index in [0.29, 0.717) is 22.0 Å². The summed E-state index contributed by atoms with van der Waals surface area (Å²) in [5, 5.41) is 3.35. The van der Waals surface area contributed by atoms with Crippen LogP contribution >= 0.6 is 11.6 Å². The molecule has 3 rings (SSSR count). The number of hydrogen-bond acceptors (Lipinski definition) is 3. The Morgan fingerprint density at radius 1 is 0.931 bits per heavy atom. The molecule has 0 aliphatic heterocycles. The molecule has 0 atom stereocenters. The van der Waals surface area contributed by atoms with Crippen LogP contribution < -0.4 is 9.62 Å². The zero-order valence-electron chi connectivity index (χ0n) is 16.3. The van der Waals surface area contributed by atoms with E-state index in [0.717, 1.165) is 11.1 Å². The van der Waals surface area contributed by atoms with Gasteiger partial charge in [0.15, 0.2) is 0 Å². The predicted octanol–water partition coefficient (Wildman–Crippen LogP) is 5.03. The zero-order chi connectivity index (χ0) is 21.2. The van der Waals surface area contributed by atoms with Crippen LogP contribution in [0.3, 0.4) is 0 Å². The van der Waals surface area contributed by atoms with Crippen molar-refractivity contribution in [2.75, 3.05) is 16.7 Å². The van der Waals surface area contributed by atoms with E-state index in [1.54, 1.807) is 67.6 Å². The van der Waals surface area contributed by atoms with E-state index in [2.05, 4.69) is 5.32 Å². The molecule has 1 amide bonds. The zero-order valence-corrected chi connectivity index (χ0v) is 17.9. The van der Waals surface area contributed by atoms with E-state index in [4.69, 9.17) is 11.6 Å². The van der Waals surface area contributed by atoms with Crippen LogP contribution in [0.15, 0.2) is 71.6 Å². The van der Waals surface area contributed by atoms with Gasteiger partial charge in [-0.2, -0.15) is 0 Å². The minimum atomic E-state index is -3.74. The number of aryl methyl sites for hydroxylation is 2. The number of carbonyl (C=O) groups is 1. The molecule has 0 heterocycles. The van der Waals surface area contributed by atoms with Crippen molar-refractivity contribution in [2.45, 2.75) is 18.7 Å². The van der Waals surface area contributed by atoms with Gasteiger partial charge in [0.25, 0.3) is 15.9 Å². The van der Waals surface area contributed by atoms with Crippen molar-refractivity contribution in [2.24, 2.45) is 0 Å². The SMILES string of the molecule is Cc1ccc(NC(=O)c2ccc(C)c(N(C)S(=O)(=O)c3ccccc3)c2)cc1Cl. The summed E-state index contributed by atoms with van der Waals surface area (Å²) in [5.74, 6) is -0.350. The van der Waals surface area contributed by atoms with Crippen molar-refractivity contribution >= 4 is 38.9 Å². The Morgan fingerprint density at radius 3 is 2.24 bits per heavy atom. The molecule has 0 aromatic heterocycles. The second-order valence-electron chi connectivity index (χ2n) is 6.70. The van der Waals surface area contributed by atoms with Crippen LogP contribution in [-0.4, -0.2) is 21.4 Å². The Balaban J connectivity index is 1.91. The fraction of sp³-hybridized carbons (Fsp3) is 0.136. The number of sulfonamides is 1. The highest BCUT2D eigenvalue weighted by Gasteiger charge is 2.23. The number of hydrogen-bond donors (Lipinski definition) is 1. The Kier molecular flexibility index (Phi) is 5.96. The molecule has 0 unspecified atom stereocenters. The highest BCUT2D eigenvalue weighted by Crippen LogP contribution is 2.27. The summed E-state index contributed by atoms with van der Waals surface area (Å²) in [7, 11) is -2.26. The minimum Gasteiger partial charge on any atom is -0.322 e. The second kappa shape index (κ2) is 8.27. The number of benzene rings is 3. The number of amides is 1. The molecule has 0 aliphatic rings. The molecule has 7 heteroatoms. The minimum absolute atomic E-state index is 0.186. The number of anilines is 2. The van der Waals surface area contributed by atoms with E-state index in [-0.39, 0.29) is 10.8 Å². The van der Waals surface area contributed by atoms with E-state index in [1.807, 2.05) is 13.0 Å². The lowest BCUT2D eigenvalue weighted by Crippen LogP contribution is -2.27. The number of nitrogens with one attached hydrogen (secondary N) is 1. The van der Waals surface area contributed by atoms with Crippen LogP contribution in [0.2, 0.25) is 5.02 Å². The van der Waals surface area contributed by atoms with Gasteiger partial charge in [-0.15, -0.1) is 0 Å². The van der Waals surface area contributed by atoms with E-state index in [9.17, 15) is 13.2 Å². The maximum absolute atomic E-state index is 12.9. The third-order valence-corrected chi connectivity index (χ3v) is 6.83. The maximum Gasteiger partial charge on any atom is 0.264 e. The lowest BCUT2D eigenvalue weighted by Gasteiger charge is -2.22. The maximum atomic E-state index is 12.9. The molecule has 0 saturated carbocycles. The largest absolute Gasteiger partial charge is 0.322 e. The summed E-state index contributed by atoms with van der Waals surface area (Å²) in [6, 6.07) is 18.4. The molecular weight excluding hydrogens is 408 g/mol. The van der Waals surface area contributed by atoms with Crippen molar-refractivity contribution < 1.29 is 13.2 Å². The standard InChI is InChI=1S/C22H21ClN2O3S/c1-15-10-12-18(14-20(15)23)24-22(26)17-11-9-16(2)21(13-17)25(3)29(27,28)19-7-5-4-6-8-19/h4-14H,1-3H3,(H,24,26). The summed E-state index contributed by atoms with van der Waals surface area (Å²) < 4.78 is 27.1. The number of rotatable bonds is 5. The van der Waals surface area contributed by atoms with Crippen molar-refractivity contribution in [3.8, 4) is 0 Å². The Hall–Kier alpha value is -2.83. The molecule has 3 aromatic rings. The monoisotopic (exact) mass is 428 g/mol. The van der Waals surface area contributed by atoms with Crippen molar-refractivity contribution in [1.29, 1.82) is 0 Å². The quantitative estimate of drug-likeness (QED) is 0.619. The highest BCUT2D eigenvalue weighted by atomic mass is 35.5. The predicted molar refractivity (Wildman–Crippen MR) is 117 cm³/mol. The molecule has 150 valence electrons. The van der Waals surface area contributed by atoms with Gasteiger partial charge < -0.3 is 5.32 Å². The normalized spacial score (nSPS) is 11.2. The third-order valence-electron chi connectivity index (χ3n) is 4.64. The van der Waals surface area contributed by atoms with Gasteiger partial charge in [0.2, 0.25) is 0 Å². The van der Waals surface area contributed by atoms with Gasteiger partial charge in [-0.05, 0) is 61.4 Å². The van der Waals surface area contributed by atoms with E-state index in [1.165, 1.54) is 11.4 Å². The Morgan fingerprint density at radius 2 is 1.59 bits per heavy atom. The first kappa shape index (κ1) is 20.9. The summed E-state index contributed by atoms with van der Waals surface area (Å²) in [6.45, 7) is 3.68. The van der Waals surface area contributed by atoms with Gasteiger partial charge in [0.05, 0.1) is 10.6 Å². The third kappa shape index (κ3) is 4.44. The summed E-state index contributed by atoms with van der Waals surface area (Å²) >= 11 is 6.11. The highest BCUT2D eigenvalue weighted by molar-refractivity contribution is 7.92. The van der Waals surface area contributed by atoms with Crippen LogP contribution in [0.5, 0.6) is 0 Å². The average Bonchev–Trinajstić information content (AvgIpc) is 2.71. The van der Waals surface area contributed by atoms with Crippen molar-refractivity contribution in [1.82, 2.24) is 0 Å². The van der Waals surface area contributed by atoms with Crippen LogP contribution in [0, 0.1) is 13.8 Å². The Bertz CT molecular complexity index is 1160. The first-order valence-electron chi connectivity index (χ1n) is 8.92. The van der Waals surface area contributed by atoms with Crippen LogP contribution in [0.4, 0.5) is 11.4 Å². The van der Waals surface area contributed by atoms with Crippen LogP contribution in [0.25, 0.3) is 0 Å². The fourth-order valence-electron chi connectivity index (χ4n) is 2.84. The van der Waals surface area contributed by atoms with Crippen molar-refractivity contribution in [3.05, 3.63) is 88.4 Å². The molecule has 0 radical (unpaired) electrons. The first-order valence-corrected chi connectivity index (χ1v) is 10.7. The van der Waals surface area contributed by atoms with Gasteiger partial charge >= 0.3 is 0 Å². The topological polar surface area (TPSA) is 66.5 Å². The number of nitrogens with zero attached hydrogens (tertiary/aromatic N) is 1. The van der Waals surface area contributed by atoms with E-state index >= 15 is 0 Å². The Labute approximate surface area is 176 Å². The summed E-state index contributed by atoms with van der Waals surface area (Å²) in [6.07, 6.45) is 0. The first-order chi connectivity index (χ1) is 13.7. The molecule has 3 aromatic carbocycles. The molecule has 0 saturated heterocycles. The molecule has 0 bridgehead atoms. The number of halogens is 1. The second-order valence-corrected chi connectivity index (χ2v) is 9.08. The summed E-state index contributed by atoms with van der Waals surface area (Å²) in [5.41, 5.74) is 3.00. The van der Waals surface area contributed by atoms with Gasteiger partial charge in [-0.3, -0.25) is 9.10 Å². The fourth-order valence-corrected chi connectivity index (χ4v) is 4.30. The molecular formula is C22H21ClN2O3S. The van der Waals surface area contributed by atoms with Gasteiger partial charge in [-0.25, -0.2) is 8.42 Å². The summed E-state index contributed by atoms with van der Waals surface area (Å²) in [4.78, 5) is 12.9. The number of carbonyl (C=O) groups excluding carboxylic acids is 1. The van der Waals surface area contributed by atoms with Gasteiger partial charge in [0.1, 0.15) is 0 Å².